The molecule has 130 valence electrons. The van der Waals surface area contributed by atoms with E-state index in [2.05, 4.69) is 11.9 Å². The van der Waals surface area contributed by atoms with Gasteiger partial charge in [0.1, 0.15) is 5.75 Å². The highest BCUT2D eigenvalue weighted by molar-refractivity contribution is 8.18. The molecule has 2 heterocycles. The minimum atomic E-state index is 0.0323. The standard InChI is InChI=1S/C19H20N2O2S2/c1-3-11-21-18(22)17(13-16-6-5-12-24-16)25-19(21)20-14-7-9-15(10-8-14)23-4-2/h5-10,12-13H,3-4,11H2,1-2H3/b17-13+,20-19?. The van der Waals surface area contributed by atoms with Gasteiger partial charge in [0.25, 0.3) is 5.91 Å². The number of carbonyl (C=O) groups is 1. The highest BCUT2D eigenvalue weighted by Gasteiger charge is 2.32. The number of carbonyl (C=O) groups excluding carboxylic acids is 1. The number of hydrogen-bond donors (Lipinski definition) is 0. The molecule has 1 amide bonds. The van der Waals surface area contributed by atoms with E-state index >= 15 is 0 Å². The molecule has 1 aliphatic heterocycles. The lowest BCUT2D eigenvalue weighted by Gasteiger charge is -2.14. The zero-order valence-corrected chi connectivity index (χ0v) is 15.9. The van der Waals surface area contributed by atoms with E-state index < -0.39 is 0 Å². The number of nitrogens with zero attached hydrogens (tertiary/aromatic N) is 2. The molecule has 0 bridgehead atoms. The van der Waals surface area contributed by atoms with Crippen LogP contribution in [0.2, 0.25) is 0 Å². The first-order chi connectivity index (χ1) is 12.2. The third-order valence-corrected chi connectivity index (χ3v) is 5.35. The molecule has 0 atom stereocenters. The van der Waals surface area contributed by atoms with Gasteiger partial charge in [-0.3, -0.25) is 9.69 Å². The van der Waals surface area contributed by atoms with Gasteiger partial charge in [0.15, 0.2) is 5.17 Å². The van der Waals surface area contributed by atoms with Crippen molar-refractivity contribution in [2.24, 2.45) is 4.99 Å². The lowest BCUT2D eigenvalue weighted by Crippen LogP contribution is -2.29. The van der Waals surface area contributed by atoms with Crippen LogP contribution in [0.5, 0.6) is 5.75 Å². The normalized spacial score (nSPS) is 17.7. The van der Waals surface area contributed by atoms with Crippen LogP contribution in [-0.2, 0) is 4.79 Å². The molecular formula is C19H20N2O2S2. The largest absolute Gasteiger partial charge is 0.494 e. The zero-order chi connectivity index (χ0) is 17.6. The highest BCUT2D eigenvalue weighted by atomic mass is 32.2. The monoisotopic (exact) mass is 372 g/mol. The summed E-state index contributed by atoms with van der Waals surface area (Å²) in [6, 6.07) is 11.6. The molecule has 0 saturated carbocycles. The molecule has 0 spiro atoms. The number of hydrogen-bond acceptors (Lipinski definition) is 5. The number of thioether (sulfide) groups is 1. The van der Waals surface area contributed by atoms with E-state index in [0.29, 0.717) is 13.2 Å². The Bertz CT molecular complexity index is 780. The van der Waals surface area contributed by atoms with Crippen molar-refractivity contribution < 1.29 is 9.53 Å². The van der Waals surface area contributed by atoms with Crippen molar-refractivity contribution in [3.05, 3.63) is 51.6 Å². The summed E-state index contributed by atoms with van der Waals surface area (Å²) in [5.74, 6) is 0.857. The predicted molar refractivity (Wildman–Crippen MR) is 107 cm³/mol. The maximum absolute atomic E-state index is 12.7. The summed E-state index contributed by atoms with van der Waals surface area (Å²) in [5, 5.41) is 2.74. The van der Waals surface area contributed by atoms with Gasteiger partial charge < -0.3 is 4.74 Å². The summed E-state index contributed by atoms with van der Waals surface area (Å²) in [6.45, 7) is 5.33. The maximum atomic E-state index is 12.7. The van der Waals surface area contributed by atoms with E-state index in [1.54, 1.807) is 16.2 Å². The molecule has 2 aromatic rings. The van der Waals surface area contributed by atoms with Gasteiger partial charge in [-0.1, -0.05) is 13.0 Å². The molecule has 0 unspecified atom stereocenters. The summed E-state index contributed by atoms with van der Waals surface area (Å²) in [6.07, 6.45) is 2.84. The summed E-state index contributed by atoms with van der Waals surface area (Å²) < 4.78 is 5.46. The van der Waals surface area contributed by atoms with Gasteiger partial charge in [-0.05, 0) is 66.9 Å². The minimum Gasteiger partial charge on any atom is -0.494 e. The first-order valence-corrected chi connectivity index (χ1v) is 9.97. The number of amidine groups is 1. The predicted octanol–water partition coefficient (Wildman–Crippen LogP) is 5.16. The highest BCUT2D eigenvalue weighted by Crippen LogP contribution is 2.35. The van der Waals surface area contributed by atoms with Crippen molar-refractivity contribution in [2.45, 2.75) is 20.3 Å². The SMILES string of the molecule is CCCN1C(=O)/C(=C\c2cccs2)SC1=Nc1ccc(OCC)cc1. The third-order valence-electron chi connectivity index (χ3n) is 3.52. The number of rotatable bonds is 6. The van der Waals surface area contributed by atoms with Crippen LogP contribution in [0.4, 0.5) is 5.69 Å². The van der Waals surface area contributed by atoms with E-state index in [0.717, 1.165) is 32.8 Å². The molecule has 1 saturated heterocycles. The van der Waals surface area contributed by atoms with Crippen molar-refractivity contribution in [3.63, 3.8) is 0 Å². The Morgan fingerprint density at radius 2 is 2.00 bits per heavy atom. The Morgan fingerprint density at radius 1 is 1.20 bits per heavy atom. The number of aliphatic imine (C=N–C) groups is 1. The van der Waals surface area contributed by atoms with E-state index in [1.165, 1.54) is 11.8 Å². The van der Waals surface area contributed by atoms with Gasteiger partial charge in [0, 0.05) is 11.4 Å². The van der Waals surface area contributed by atoms with Crippen molar-refractivity contribution in [1.82, 2.24) is 4.90 Å². The smallest absolute Gasteiger partial charge is 0.266 e. The zero-order valence-electron chi connectivity index (χ0n) is 14.3. The fourth-order valence-electron chi connectivity index (χ4n) is 2.41. The van der Waals surface area contributed by atoms with Gasteiger partial charge in [-0.15, -0.1) is 11.3 Å². The second-order valence-corrected chi connectivity index (χ2v) is 7.39. The molecular weight excluding hydrogens is 352 g/mol. The lowest BCUT2D eigenvalue weighted by atomic mass is 10.3. The van der Waals surface area contributed by atoms with E-state index in [4.69, 9.17) is 4.74 Å². The van der Waals surface area contributed by atoms with Crippen molar-refractivity contribution in [1.29, 1.82) is 0 Å². The van der Waals surface area contributed by atoms with Gasteiger partial charge in [0.2, 0.25) is 0 Å². The number of amides is 1. The average Bonchev–Trinajstić information content (AvgIpc) is 3.22. The molecule has 1 aromatic carbocycles. The van der Waals surface area contributed by atoms with Crippen LogP contribution in [0.3, 0.4) is 0 Å². The number of thiophene rings is 1. The Hall–Kier alpha value is -2.05. The maximum Gasteiger partial charge on any atom is 0.266 e. The average molecular weight is 373 g/mol. The van der Waals surface area contributed by atoms with Crippen LogP contribution in [0.1, 0.15) is 25.1 Å². The van der Waals surface area contributed by atoms with E-state index in [-0.39, 0.29) is 5.91 Å². The third kappa shape index (κ3) is 4.32. The topological polar surface area (TPSA) is 41.9 Å². The second-order valence-electron chi connectivity index (χ2n) is 5.40. The molecule has 0 radical (unpaired) electrons. The van der Waals surface area contributed by atoms with Crippen molar-refractivity contribution >= 4 is 45.9 Å². The Kier molecular flexibility index (Phi) is 5.94. The molecule has 6 heteroatoms. The van der Waals surface area contributed by atoms with Crippen LogP contribution in [0, 0.1) is 0 Å². The molecule has 1 aliphatic rings. The summed E-state index contributed by atoms with van der Waals surface area (Å²) in [5.41, 5.74) is 0.817. The van der Waals surface area contributed by atoms with Crippen molar-refractivity contribution in [2.75, 3.05) is 13.2 Å². The van der Waals surface area contributed by atoms with Gasteiger partial charge in [0.05, 0.1) is 17.2 Å². The Balaban J connectivity index is 1.86. The number of benzene rings is 1. The first kappa shape index (κ1) is 17.8. The quantitative estimate of drug-likeness (QED) is 0.658. The molecule has 25 heavy (non-hydrogen) atoms. The molecule has 1 aromatic heterocycles. The van der Waals surface area contributed by atoms with Crippen LogP contribution in [0.15, 0.2) is 51.7 Å². The van der Waals surface area contributed by atoms with Gasteiger partial charge in [-0.2, -0.15) is 0 Å². The van der Waals surface area contributed by atoms with E-state index in [9.17, 15) is 4.79 Å². The van der Waals surface area contributed by atoms with Gasteiger partial charge >= 0.3 is 0 Å². The first-order valence-electron chi connectivity index (χ1n) is 8.27. The Morgan fingerprint density at radius 3 is 2.64 bits per heavy atom. The van der Waals surface area contributed by atoms with Gasteiger partial charge in [-0.25, -0.2) is 4.99 Å². The summed E-state index contributed by atoms with van der Waals surface area (Å²) in [4.78, 5) is 20.9. The second kappa shape index (κ2) is 8.36. The van der Waals surface area contributed by atoms with Crippen LogP contribution in [-0.4, -0.2) is 29.1 Å². The molecule has 3 rings (SSSR count). The minimum absolute atomic E-state index is 0.0323. The Labute approximate surface area is 156 Å². The van der Waals surface area contributed by atoms with Crippen LogP contribution < -0.4 is 4.74 Å². The van der Waals surface area contributed by atoms with Crippen LogP contribution in [0.25, 0.3) is 6.08 Å². The van der Waals surface area contributed by atoms with Crippen molar-refractivity contribution in [3.8, 4) is 5.75 Å². The van der Waals surface area contributed by atoms with E-state index in [1.807, 2.05) is 54.8 Å². The lowest BCUT2D eigenvalue weighted by molar-refractivity contribution is -0.122. The molecule has 0 aliphatic carbocycles. The fraction of sp³-hybridized carbons (Fsp3) is 0.263. The fourth-order valence-corrected chi connectivity index (χ4v) is 4.16. The summed E-state index contributed by atoms with van der Waals surface area (Å²) in [7, 11) is 0. The molecule has 0 N–H and O–H groups in total. The number of ether oxygens (including phenoxy) is 1. The van der Waals surface area contributed by atoms with Crippen LogP contribution >= 0.6 is 23.1 Å². The summed E-state index contributed by atoms with van der Waals surface area (Å²) >= 11 is 3.06. The molecule has 4 nitrogen and oxygen atoms in total. The molecule has 1 fully saturated rings.